The molecule has 4 atom stereocenters. The van der Waals surface area contributed by atoms with Gasteiger partial charge in [-0.2, -0.15) is 0 Å². The quantitative estimate of drug-likeness (QED) is 0.871. The first kappa shape index (κ1) is 17.8. The van der Waals surface area contributed by atoms with Gasteiger partial charge in [0, 0.05) is 56.0 Å². The van der Waals surface area contributed by atoms with Gasteiger partial charge < -0.3 is 10.1 Å². The Hall–Kier alpha value is -2.24. The van der Waals surface area contributed by atoms with Gasteiger partial charge in [0.05, 0.1) is 11.7 Å². The Morgan fingerprint density at radius 3 is 2.82 bits per heavy atom. The van der Waals surface area contributed by atoms with Crippen LogP contribution in [0.2, 0.25) is 0 Å². The number of rotatable bonds is 5. The lowest BCUT2D eigenvalue weighted by Gasteiger charge is -2.29. The van der Waals surface area contributed by atoms with E-state index in [2.05, 4.69) is 27.3 Å². The summed E-state index contributed by atoms with van der Waals surface area (Å²) < 4.78 is 6.51. The number of pyridine rings is 1. The summed E-state index contributed by atoms with van der Waals surface area (Å²) in [6.07, 6.45) is 6.28. The van der Waals surface area contributed by atoms with Gasteiger partial charge in [0.15, 0.2) is 0 Å². The van der Waals surface area contributed by atoms with E-state index in [1.807, 2.05) is 43.6 Å². The molecule has 0 aliphatic carbocycles. The Morgan fingerprint density at radius 1 is 1.25 bits per heavy atom. The maximum Gasteiger partial charge on any atom is 0.251 e. The highest BCUT2D eigenvalue weighted by atomic mass is 16.5. The lowest BCUT2D eigenvalue weighted by molar-refractivity contribution is 0.00212. The Labute approximate surface area is 166 Å². The van der Waals surface area contributed by atoms with Gasteiger partial charge in [-0.1, -0.05) is 17.7 Å². The van der Waals surface area contributed by atoms with Crippen molar-refractivity contribution < 1.29 is 9.53 Å². The summed E-state index contributed by atoms with van der Waals surface area (Å²) in [5, 5.41) is 3.17. The fourth-order valence-corrected chi connectivity index (χ4v) is 5.44. The van der Waals surface area contributed by atoms with Gasteiger partial charge in [0.1, 0.15) is 0 Å². The summed E-state index contributed by atoms with van der Waals surface area (Å²) in [5.41, 5.74) is 3.19. The summed E-state index contributed by atoms with van der Waals surface area (Å²) in [4.78, 5) is 19.2. The monoisotopic (exact) mass is 377 g/mol. The SMILES string of the molecule is Cc1ccc(C(=O)NC[C@H]2[C@H]3CN(Cc4ccncc4)C[C@]34CC[C@H]2O4)cc1. The van der Waals surface area contributed by atoms with Gasteiger partial charge in [-0.05, 0) is 49.6 Å². The van der Waals surface area contributed by atoms with Crippen LogP contribution in [0.1, 0.15) is 34.3 Å². The molecule has 3 saturated heterocycles. The van der Waals surface area contributed by atoms with Crippen molar-refractivity contribution in [3.63, 3.8) is 0 Å². The van der Waals surface area contributed by atoms with E-state index in [0.717, 1.165) is 38.0 Å². The first-order valence-corrected chi connectivity index (χ1v) is 10.3. The van der Waals surface area contributed by atoms with Crippen LogP contribution in [-0.4, -0.2) is 47.1 Å². The lowest BCUT2D eigenvalue weighted by Crippen LogP contribution is -2.41. The average molecular weight is 377 g/mol. The summed E-state index contributed by atoms with van der Waals surface area (Å²) in [6, 6.07) is 11.9. The van der Waals surface area contributed by atoms with E-state index in [1.54, 1.807) is 0 Å². The molecule has 2 aromatic rings. The molecule has 28 heavy (non-hydrogen) atoms. The summed E-state index contributed by atoms with van der Waals surface area (Å²) in [5.74, 6) is 0.931. The van der Waals surface area contributed by atoms with Crippen LogP contribution in [-0.2, 0) is 11.3 Å². The molecule has 146 valence electrons. The number of fused-ring (bicyclic) bond motifs is 1. The first-order chi connectivity index (χ1) is 13.6. The predicted molar refractivity (Wildman–Crippen MR) is 107 cm³/mol. The highest BCUT2D eigenvalue weighted by Crippen LogP contribution is 2.54. The number of ether oxygens (including phenoxy) is 1. The number of aromatic nitrogens is 1. The molecule has 2 bridgehead atoms. The summed E-state index contributed by atoms with van der Waals surface area (Å²) in [6.45, 7) is 5.72. The summed E-state index contributed by atoms with van der Waals surface area (Å²) >= 11 is 0. The normalized spacial score (nSPS) is 31.1. The number of carbonyl (C=O) groups is 1. The molecule has 1 N–H and O–H groups in total. The highest BCUT2D eigenvalue weighted by molar-refractivity contribution is 5.94. The number of nitrogens with one attached hydrogen (secondary N) is 1. The maximum atomic E-state index is 12.5. The van der Waals surface area contributed by atoms with Crippen molar-refractivity contribution in [3.05, 3.63) is 65.5 Å². The van der Waals surface area contributed by atoms with Gasteiger partial charge in [-0.25, -0.2) is 0 Å². The molecule has 5 rings (SSSR count). The van der Waals surface area contributed by atoms with Crippen molar-refractivity contribution in [2.75, 3.05) is 19.6 Å². The molecule has 4 heterocycles. The molecule has 3 fully saturated rings. The smallest absolute Gasteiger partial charge is 0.251 e. The Bertz CT molecular complexity index is 854. The molecule has 3 aliphatic rings. The molecule has 0 unspecified atom stereocenters. The first-order valence-electron chi connectivity index (χ1n) is 10.3. The second-order valence-corrected chi connectivity index (χ2v) is 8.63. The van der Waals surface area contributed by atoms with Crippen molar-refractivity contribution in [2.24, 2.45) is 11.8 Å². The highest BCUT2D eigenvalue weighted by Gasteiger charge is 2.62. The van der Waals surface area contributed by atoms with E-state index in [9.17, 15) is 4.79 Å². The fourth-order valence-electron chi connectivity index (χ4n) is 5.44. The Morgan fingerprint density at radius 2 is 2.04 bits per heavy atom. The Kier molecular flexibility index (Phi) is 4.44. The van der Waals surface area contributed by atoms with Gasteiger partial charge in [0.25, 0.3) is 5.91 Å². The van der Waals surface area contributed by atoms with E-state index < -0.39 is 0 Å². The second-order valence-electron chi connectivity index (χ2n) is 8.63. The molecule has 0 saturated carbocycles. The number of hydrogen-bond acceptors (Lipinski definition) is 4. The minimum atomic E-state index is -0.00303. The molecular formula is C23H27N3O2. The number of carbonyl (C=O) groups excluding carboxylic acids is 1. The molecule has 0 radical (unpaired) electrons. The lowest BCUT2D eigenvalue weighted by atomic mass is 9.73. The van der Waals surface area contributed by atoms with Gasteiger partial charge in [-0.3, -0.25) is 14.7 Å². The molecule has 1 aromatic carbocycles. The largest absolute Gasteiger partial charge is 0.370 e. The zero-order valence-corrected chi connectivity index (χ0v) is 16.3. The van der Waals surface area contributed by atoms with Gasteiger partial charge >= 0.3 is 0 Å². The van der Waals surface area contributed by atoms with Crippen molar-refractivity contribution in [1.29, 1.82) is 0 Å². The number of aryl methyl sites for hydroxylation is 1. The third kappa shape index (κ3) is 3.12. The summed E-state index contributed by atoms with van der Waals surface area (Å²) in [7, 11) is 0. The van der Waals surface area contributed by atoms with E-state index in [-0.39, 0.29) is 11.5 Å². The minimum absolute atomic E-state index is 0.00303. The number of nitrogens with zero attached hydrogens (tertiary/aromatic N) is 2. The third-order valence-electron chi connectivity index (χ3n) is 6.82. The van der Waals surface area contributed by atoms with Crippen molar-refractivity contribution >= 4 is 5.91 Å². The Balaban J connectivity index is 1.24. The van der Waals surface area contributed by atoms with E-state index in [4.69, 9.17) is 4.74 Å². The van der Waals surface area contributed by atoms with Crippen molar-refractivity contribution in [1.82, 2.24) is 15.2 Å². The molecule has 5 nitrogen and oxygen atoms in total. The average Bonchev–Trinajstić information content (AvgIpc) is 3.35. The number of hydrogen-bond donors (Lipinski definition) is 1. The zero-order chi connectivity index (χ0) is 19.1. The zero-order valence-electron chi connectivity index (χ0n) is 16.3. The van der Waals surface area contributed by atoms with E-state index in [1.165, 1.54) is 11.1 Å². The third-order valence-corrected chi connectivity index (χ3v) is 6.82. The molecule has 5 heteroatoms. The predicted octanol–water partition coefficient (Wildman–Crippen LogP) is 2.80. The van der Waals surface area contributed by atoms with Crippen LogP contribution in [0.25, 0.3) is 0 Å². The van der Waals surface area contributed by atoms with Gasteiger partial charge in [0.2, 0.25) is 0 Å². The minimum Gasteiger partial charge on any atom is -0.370 e. The van der Waals surface area contributed by atoms with Crippen molar-refractivity contribution in [3.8, 4) is 0 Å². The topological polar surface area (TPSA) is 54.5 Å². The number of amides is 1. The van der Waals surface area contributed by atoms with Crippen LogP contribution in [0, 0.1) is 18.8 Å². The van der Waals surface area contributed by atoms with Crippen LogP contribution in [0.5, 0.6) is 0 Å². The van der Waals surface area contributed by atoms with E-state index >= 15 is 0 Å². The molecular weight excluding hydrogens is 350 g/mol. The van der Waals surface area contributed by atoms with E-state index in [0.29, 0.717) is 24.5 Å². The molecule has 3 aliphatic heterocycles. The standard InChI is InChI=1S/C23H27N3O2/c1-16-2-4-18(5-3-16)22(27)25-12-19-20-14-26(13-17-7-10-24-11-8-17)15-23(20)9-6-21(19)28-23/h2-5,7-8,10-11,19-21H,6,9,12-15H2,1H3,(H,25,27)/t19-,20+,21+,23+/m0/s1. The fraction of sp³-hybridized carbons (Fsp3) is 0.478. The van der Waals surface area contributed by atoms with Crippen LogP contribution in [0.4, 0.5) is 0 Å². The van der Waals surface area contributed by atoms with Crippen LogP contribution in [0.15, 0.2) is 48.8 Å². The van der Waals surface area contributed by atoms with Crippen LogP contribution >= 0.6 is 0 Å². The maximum absolute atomic E-state index is 12.5. The van der Waals surface area contributed by atoms with Gasteiger partial charge in [-0.15, -0.1) is 0 Å². The molecule has 1 spiro atoms. The number of benzene rings is 1. The molecule has 1 amide bonds. The van der Waals surface area contributed by atoms with Crippen LogP contribution in [0.3, 0.4) is 0 Å². The second kappa shape index (κ2) is 6.98. The van der Waals surface area contributed by atoms with Crippen molar-refractivity contribution in [2.45, 2.75) is 38.0 Å². The van der Waals surface area contributed by atoms with Crippen LogP contribution < -0.4 is 5.32 Å². The molecule has 1 aromatic heterocycles. The number of likely N-dealkylation sites (tertiary alicyclic amines) is 1.